The van der Waals surface area contributed by atoms with Crippen molar-refractivity contribution >= 4 is 17.7 Å². The number of nitrogens with zero attached hydrogens (tertiary/aromatic N) is 4. The van der Waals surface area contributed by atoms with Crippen molar-refractivity contribution in [3.8, 4) is 0 Å². The van der Waals surface area contributed by atoms with Gasteiger partial charge in [-0.25, -0.2) is 4.68 Å². The van der Waals surface area contributed by atoms with Gasteiger partial charge in [0.05, 0.1) is 23.6 Å². The second kappa shape index (κ2) is 8.20. The Morgan fingerprint density at radius 3 is 2.92 bits per heavy atom. The largest absolute Gasteiger partial charge is 0.349 e. The molecule has 2 aliphatic carbocycles. The van der Waals surface area contributed by atoms with Crippen LogP contribution in [0, 0.1) is 0 Å². The van der Waals surface area contributed by atoms with Crippen molar-refractivity contribution < 1.29 is 4.79 Å². The van der Waals surface area contributed by atoms with Crippen LogP contribution in [0.15, 0.2) is 24.3 Å². The monoisotopic (exact) mass is 371 g/mol. The van der Waals surface area contributed by atoms with Crippen molar-refractivity contribution in [1.82, 2.24) is 25.5 Å². The highest BCUT2D eigenvalue weighted by Gasteiger charge is 2.23. The summed E-state index contributed by atoms with van der Waals surface area (Å²) in [6.07, 6.45) is 8.08. The van der Waals surface area contributed by atoms with Crippen molar-refractivity contribution in [3.63, 3.8) is 0 Å². The Hall–Kier alpha value is -1.89. The molecular weight excluding hydrogens is 346 g/mol. The van der Waals surface area contributed by atoms with Gasteiger partial charge in [-0.05, 0) is 53.7 Å². The zero-order chi connectivity index (χ0) is 17.8. The molecule has 1 N–H and O–H groups in total. The van der Waals surface area contributed by atoms with Crippen molar-refractivity contribution in [3.05, 3.63) is 41.2 Å². The summed E-state index contributed by atoms with van der Waals surface area (Å²) in [5, 5.41) is 15.3. The molecule has 4 rings (SSSR count). The number of thioether (sulfide) groups is 1. The van der Waals surface area contributed by atoms with Gasteiger partial charge in [-0.2, -0.15) is 0 Å². The smallest absolute Gasteiger partial charge is 0.230 e. The molecule has 1 heterocycles. The molecule has 2 aliphatic rings. The van der Waals surface area contributed by atoms with Crippen LogP contribution in [0.2, 0.25) is 0 Å². The maximum atomic E-state index is 12.4. The molecule has 1 aromatic heterocycles. The van der Waals surface area contributed by atoms with E-state index >= 15 is 0 Å². The molecule has 0 aliphatic heterocycles. The van der Waals surface area contributed by atoms with Crippen LogP contribution < -0.4 is 5.32 Å². The number of aromatic nitrogens is 4. The second-order valence-corrected chi connectivity index (χ2v) is 8.17. The summed E-state index contributed by atoms with van der Waals surface area (Å²) in [4.78, 5) is 12.4. The molecule has 0 saturated heterocycles. The molecule has 1 amide bonds. The van der Waals surface area contributed by atoms with Gasteiger partial charge in [0.25, 0.3) is 0 Å². The molecule has 0 spiro atoms. The molecule has 6 nitrogen and oxygen atoms in total. The molecule has 7 heteroatoms. The van der Waals surface area contributed by atoms with Gasteiger partial charge in [0.2, 0.25) is 5.91 Å². The molecule has 0 radical (unpaired) electrons. The van der Waals surface area contributed by atoms with E-state index in [1.165, 1.54) is 24.0 Å². The van der Waals surface area contributed by atoms with Gasteiger partial charge in [0, 0.05) is 0 Å². The van der Waals surface area contributed by atoms with Gasteiger partial charge in [-0.3, -0.25) is 4.79 Å². The Balaban J connectivity index is 1.28. The Labute approximate surface area is 158 Å². The topological polar surface area (TPSA) is 72.7 Å². The zero-order valence-electron chi connectivity index (χ0n) is 14.9. The number of carbonyl (C=O) groups excluding carboxylic acids is 1. The molecule has 26 heavy (non-hydrogen) atoms. The summed E-state index contributed by atoms with van der Waals surface area (Å²) in [7, 11) is 0. The highest BCUT2D eigenvalue weighted by Crippen LogP contribution is 2.31. The molecular formula is C19H25N5OS. The lowest BCUT2D eigenvalue weighted by Crippen LogP contribution is -2.32. The van der Waals surface area contributed by atoms with E-state index in [9.17, 15) is 4.79 Å². The van der Waals surface area contributed by atoms with Crippen molar-refractivity contribution in [2.24, 2.45) is 0 Å². The number of nitrogens with one attached hydrogen (secondary N) is 1. The van der Waals surface area contributed by atoms with Gasteiger partial charge < -0.3 is 5.32 Å². The lowest BCUT2D eigenvalue weighted by atomic mass is 9.88. The van der Waals surface area contributed by atoms with Crippen LogP contribution in [-0.2, 0) is 17.0 Å². The first-order valence-corrected chi connectivity index (χ1v) is 10.7. The Morgan fingerprint density at radius 2 is 2.04 bits per heavy atom. The standard InChI is InChI=1S/C19H25N5OS/c25-19(20-17-11-5-7-14-6-1-4-10-16(14)17)13-26-12-18-21-22-23-24(18)15-8-2-3-9-15/h1,4,6,10,15,17H,2-3,5,7-9,11-13H2,(H,20,25). The summed E-state index contributed by atoms with van der Waals surface area (Å²) in [6, 6.07) is 9.03. The van der Waals surface area contributed by atoms with Gasteiger partial charge in [-0.15, -0.1) is 16.9 Å². The molecule has 138 valence electrons. The van der Waals surface area contributed by atoms with Crippen LogP contribution in [0.4, 0.5) is 0 Å². The number of carbonyl (C=O) groups is 1. The number of amides is 1. The summed E-state index contributed by atoms with van der Waals surface area (Å²) in [5.41, 5.74) is 2.65. The third-order valence-corrected chi connectivity index (χ3v) is 6.33. The maximum absolute atomic E-state index is 12.4. The SMILES string of the molecule is O=C(CSCc1nnnn1C1CCCC1)NC1CCCc2ccccc21. The second-order valence-electron chi connectivity index (χ2n) is 7.18. The van der Waals surface area contributed by atoms with Crippen LogP contribution >= 0.6 is 11.8 Å². The van der Waals surface area contributed by atoms with Crippen LogP contribution in [0.1, 0.15) is 67.6 Å². The Bertz CT molecular complexity index is 756. The number of tetrazole rings is 1. The summed E-state index contributed by atoms with van der Waals surface area (Å²) >= 11 is 1.59. The van der Waals surface area contributed by atoms with E-state index in [-0.39, 0.29) is 11.9 Å². The number of benzene rings is 1. The fourth-order valence-electron chi connectivity index (χ4n) is 4.11. The van der Waals surface area contributed by atoms with Crippen LogP contribution in [-0.4, -0.2) is 31.9 Å². The number of hydrogen-bond acceptors (Lipinski definition) is 5. The summed E-state index contributed by atoms with van der Waals surface area (Å²) in [5.74, 6) is 2.10. The average molecular weight is 372 g/mol. The average Bonchev–Trinajstić information content (AvgIpc) is 3.33. The van der Waals surface area contributed by atoms with Crippen molar-refractivity contribution in [2.75, 3.05) is 5.75 Å². The summed E-state index contributed by atoms with van der Waals surface area (Å²) < 4.78 is 1.97. The quantitative estimate of drug-likeness (QED) is 0.844. The van der Waals surface area contributed by atoms with Crippen molar-refractivity contribution in [2.45, 2.75) is 62.8 Å². The van der Waals surface area contributed by atoms with E-state index in [4.69, 9.17) is 0 Å². The van der Waals surface area contributed by atoms with Crippen LogP contribution in [0.5, 0.6) is 0 Å². The van der Waals surface area contributed by atoms with E-state index < -0.39 is 0 Å². The molecule has 1 aromatic carbocycles. The fraction of sp³-hybridized carbons (Fsp3) is 0.579. The highest BCUT2D eigenvalue weighted by atomic mass is 32.2. The van der Waals surface area contributed by atoms with E-state index in [2.05, 4.69) is 45.1 Å². The first-order valence-electron chi connectivity index (χ1n) is 9.53. The van der Waals surface area contributed by atoms with Gasteiger partial charge in [-0.1, -0.05) is 37.1 Å². The molecule has 1 fully saturated rings. The minimum absolute atomic E-state index is 0.0941. The number of fused-ring (bicyclic) bond motifs is 1. The van der Waals surface area contributed by atoms with E-state index in [1.54, 1.807) is 11.8 Å². The summed E-state index contributed by atoms with van der Waals surface area (Å²) in [6.45, 7) is 0. The van der Waals surface area contributed by atoms with Crippen LogP contribution in [0.25, 0.3) is 0 Å². The molecule has 1 saturated carbocycles. The third-order valence-electron chi connectivity index (χ3n) is 5.40. The normalized spacial score (nSPS) is 20.1. The van der Waals surface area contributed by atoms with Gasteiger partial charge >= 0.3 is 0 Å². The Morgan fingerprint density at radius 1 is 1.19 bits per heavy atom. The van der Waals surface area contributed by atoms with Gasteiger partial charge in [0.1, 0.15) is 0 Å². The number of hydrogen-bond donors (Lipinski definition) is 1. The highest BCUT2D eigenvalue weighted by molar-refractivity contribution is 7.99. The van der Waals surface area contributed by atoms with E-state index in [1.807, 2.05) is 4.68 Å². The van der Waals surface area contributed by atoms with Gasteiger partial charge in [0.15, 0.2) is 5.82 Å². The first-order chi connectivity index (χ1) is 12.8. The van der Waals surface area contributed by atoms with Crippen LogP contribution in [0.3, 0.4) is 0 Å². The fourth-order valence-corrected chi connectivity index (χ4v) is 4.86. The predicted octanol–water partition coefficient (Wildman–Crippen LogP) is 3.22. The lowest BCUT2D eigenvalue weighted by molar-refractivity contribution is -0.119. The third kappa shape index (κ3) is 3.92. The van der Waals surface area contributed by atoms with Crippen molar-refractivity contribution in [1.29, 1.82) is 0 Å². The lowest BCUT2D eigenvalue weighted by Gasteiger charge is -2.26. The molecule has 0 bridgehead atoms. The molecule has 1 atom stereocenters. The number of rotatable bonds is 6. The first kappa shape index (κ1) is 17.5. The predicted molar refractivity (Wildman–Crippen MR) is 102 cm³/mol. The molecule has 2 aromatic rings. The zero-order valence-corrected chi connectivity index (χ0v) is 15.7. The minimum atomic E-state index is 0.0941. The molecule has 1 unspecified atom stereocenters. The number of aryl methyl sites for hydroxylation is 1. The maximum Gasteiger partial charge on any atom is 0.230 e. The minimum Gasteiger partial charge on any atom is -0.349 e. The Kier molecular flexibility index (Phi) is 5.53. The van der Waals surface area contributed by atoms with E-state index in [0.29, 0.717) is 17.5 Å². The van der Waals surface area contributed by atoms with E-state index in [0.717, 1.165) is 37.9 Å².